The number of hydrogen-bond donors (Lipinski definition) is 1. The third kappa shape index (κ3) is 2.99. The number of carbonyl (C=O) groups excluding carboxylic acids is 1. The van der Waals surface area contributed by atoms with Crippen LogP contribution in [0.5, 0.6) is 0 Å². The van der Waals surface area contributed by atoms with E-state index in [1.165, 1.54) is 0 Å². The molecular formula is C25H26N2O5. The Morgan fingerprint density at radius 1 is 1.22 bits per heavy atom. The zero-order chi connectivity index (χ0) is 22.5. The summed E-state index contributed by atoms with van der Waals surface area (Å²) in [6.45, 7) is 5.18. The normalized spacial score (nSPS) is 18.9. The molecule has 2 aliphatic rings. The minimum absolute atomic E-state index is 0.121. The van der Waals surface area contributed by atoms with Crippen molar-refractivity contribution in [3.8, 4) is 11.4 Å². The number of carbonyl (C=O) groups is 1. The van der Waals surface area contributed by atoms with Crippen molar-refractivity contribution in [2.24, 2.45) is 0 Å². The molecule has 4 heterocycles. The summed E-state index contributed by atoms with van der Waals surface area (Å²) in [5.41, 5.74) is 2.70. The van der Waals surface area contributed by atoms with Gasteiger partial charge in [0.25, 0.3) is 5.56 Å². The number of esters is 1. The molecule has 7 nitrogen and oxygen atoms in total. The molecule has 166 valence electrons. The number of para-hydroxylation sites is 1. The molecule has 0 fully saturated rings. The predicted molar refractivity (Wildman–Crippen MR) is 119 cm³/mol. The molecule has 0 amide bonds. The highest BCUT2D eigenvalue weighted by molar-refractivity contribution is 5.89. The molecule has 2 aromatic heterocycles. The Kier molecular flexibility index (Phi) is 5.10. The third-order valence-electron chi connectivity index (χ3n) is 6.60. The number of hydrogen-bond acceptors (Lipinski definition) is 6. The summed E-state index contributed by atoms with van der Waals surface area (Å²) in [7, 11) is 0. The van der Waals surface area contributed by atoms with Crippen molar-refractivity contribution < 1.29 is 19.4 Å². The van der Waals surface area contributed by atoms with E-state index in [9.17, 15) is 14.7 Å². The molecule has 0 saturated carbocycles. The van der Waals surface area contributed by atoms with Gasteiger partial charge in [-0.25, -0.2) is 9.78 Å². The van der Waals surface area contributed by atoms with Crippen LogP contribution in [0.4, 0.5) is 0 Å². The Hall–Kier alpha value is -3.03. The van der Waals surface area contributed by atoms with Crippen LogP contribution in [-0.2, 0) is 39.6 Å². The lowest BCUT2D eigenvalue weighted by atomic mass is 9.86. The molecule has 1 N–H and O–H groups in total. The van der Waals surface area contributed by atoms with Crippen molar-refractivity contribution in [3.63, 3.8) is 0 Å². The molecule has 1 atom stereocenters. The lowest BCUT2D eigenvalue weighted by Gasteiger charge is -2.31. The number of rotatable bonds is 6. The Morgan fingerprint density at radius 2 is 2.03 bits per heavy atom. The zero-order valence-corrected chi connectivity index (χ0v) is 18.3. The van der Waals surface area contributed by atoms with Gasteiger partial charge in [-0.15, -0.1) is 0 Å². The highest BCUT2D eigenvalue weighted by Gasteiger charge is 2.45. The van der Waals surface area contributed by atoms with Crippen LogP contribution in [0.15, 0.2) is 35.1 Å². The summed E-state index contributed by atoms with van der Waals surface area (Å²) in [6.07, 6.45) is 2.17. The maximum absolute atomic E-state index is 13.4. The van der Waals surface area contributed by atoms with Gasteiger partial charge in [-0.2, -0.15) is 0 Å². The highest BCUT2D eigenvalue weighted by atomic mass is 16.6. The van der Waals surface area contributed by atoms with Gasteiger partial charge < -0.3 is 19.1 Å². The van der Waals surface area contributed by atoms with E-state index in [1.807, 2.05) is 24.3 Å². The van der Waals surface area contributed by atoms with Crippen LogP contribution >= 0.6 is 0 Å². The van der Waals surface area contributed by atoms with Gasteiger partial charge in [0, 0.05) is 23.1 Å². The Balaban J connectivity index is 1.71. The van der Waals surface area contributed by atoms with Crippen molar-refractivity contribution >= 4 is 16.9 Å². The van der Waals surface area contributed by atoms with Crippen LogP contribution in [-0.4, -0.2) is 27.2 Å². The SMILES string of the molecule is CCCCOCc1c2c(nc3ccccc13)-c1cc3c(c(=O)n1C2)COC(=O)[C@]3(O)CC. The third-order valence-corrected chi connectivity index (χ3v) is 6.60. The fourth-order valence-corrected chi connectivity index (χ4v) is 4.70. The summed E-state index contributed by atoms with van der Waals surface area (Å²) in [6, 6.07) is 9.63. The number of pyridine rings is 2. The molecule has 0 radical (unpaired) electrons. The second-order valence-corrected chi connectivity index (χ2v) is 8.44. The standard InChI is InChI=1S/C25H26N2O5/c1-3-5-10-31-13-17-15-8-6-7-9-20(15)26-22-16(17)12-27-21(22)11-19-18(23(27)28)14-32-24(29)25(19,30)4-2/h6-9,11,30H,3-5,10,12-14H2,1-2H3/t25-/m0/s1. The monoisotopic (exact) mass is 434 g/mol. The molecule has 0 spiro atoms. The Labute approximate surface area is 185 Å². The molecule has 32 heavy (non-hydrogen) atoms. The molecule has 0 bridgehead atoms. The van der Waals surface area contributed by atoms with Crippen LogP contribution in [0, 0.1) is 0 Å². The number of aliphatic hydroxyl groups is 1. The minimum atomic E-state index is -1.83. The first-order valence-electron chi connectivity index (χ1n) is 11.1. The number of unbranched alkanes of at least 4 members (excludes halogenated alkanes) is 1. The maximum atomic E-state index is 13.4. The topological polar surface area (TPSA) is 90.6 Å². The molecule has 3 aromatic rings. The summed E-state index contributed by atoms with van der Waals surface area (Å²) in [5, 5.41) is 12.0. The van der Waals surface area contributed by atoms with Gasteiger partial charge in [-0.05, 0) is 30.5 Å². The van der Waals surface area contributed by atoms with E-state index in [1.54, 1.807) is 17.6 Å². The second kappa shape index (κ2) is 7.83. The molecule has 0 unspecified atom stereocenters. The lowest BCUT2D eigenvalue weighted by Crippen LogP contribution is -2.44. The Morgan fingerprint density at radius 3 is 2.81 bits per heavy atom. The maximum Gasteiger partial charge on any atom is 0.343 e. The van der Waals surface area contributed by atoms with Gasteiger partial charge in [-0.3, -0.25) is 4.79 Å². The Bertz CT molecular complexity index is 1300. The second-order valence-electron chi connectivity index (χ2n) is 8.44. The summed E-state index contributed by atoms with van der Waals surface area (Å²) in [5.74, 6) is -0.716. The van der Waals surface area contributed by atoms with Crippen LogP contribution in [0.2, 0.25) is 0 Å². The van der Waals surface area contributed by atoms with Crippen LogP contribution < -0.4 is 5.56 Å². The zero-order valence-electron chi connectivity index (χ0n) is 18.3. The number of ether oxygens (including phenoxy) is 2. The molecule has 2 aliphatic heterocycles. The van der Waals surface area contributed by atoms with Crippen molar-refractivity contribution in [1.29, 1.82) is 0 Å². The fraction of sp³-hybridized carbons (Fsp3) is 0.400. The number of benzene rings is 1. The first kappa shape index (κ1) is 20.8. The van der Waals surface area contributed by atoms with Gasteiger partial charge in [0.15, 0.2) is 5.60 Å². The number of nitrogens with zero attached hydrogens (tertiary/aromatic N) is 2. The highest BCUT2D eigenvalue weighted by Crippen LogP contribution is 2.40. The van der Waals surface area contributed by atoms with E-state index in [4.69, 9.17) is 14.5 Å². The van der Waals surface area contributed by atoms with Gasteiger partial charge in [0.05, 0.1) is 35.6 Å². The first-order chi connectivity index (χ1) is 15.5. The largest absolute Gasteiger partial charge is 0.458 e. The summed E-state index contributed by atoms with van der Waals surface area (Å²) in [4.78, 5) is 30.6. The van der Waals surface area contributed by atoms with Crippen molar-refractivity contribution in [2.45, 2.75) is 58.5 Å². The quantitative estimate of drug-likeness (QED) is 0.370. The summed E-state index contributed by atoms with van der Waals surface area (Å²) >= 11 is 0. The van der Waals surface area contributed by atoms with Gasteiger partial charge >= 0.3 is 5.97 Å². The van der Waals surface area contributed by atoms with Crippen LogP contribution in [0.3, 0.4) is 0 Å². The van der Waals surface area contributed by atoms with E-state index in [-0.39, 0.29) is 18.6 Å². The average molecular weight is 434 g/mol. The molecule has 0 saturated heterocycles. The first-order valence-corrected chi connectivity index (χ1v) is 11.1. The smallest absolute Gasteiger partial charge is 0.343 e. The molecular weight excluding hydrogens is 408 g/mol. The van der Waals surface area contributed by atoms with Crippen molar-refractivity contribution in [2.75, 3.05) is 6.61 Å². The van der Waals surface area contributed by atoms with Crippen molar-refractivity contribution in [3.05, 3.63) is 62.9 Å². The lowest BCUT2D eigenvalue weighted by molar-refractivity contribution is -0.172. The molecule has 5 rings (SSSR count). The molecule has 7 heteroatoms. The predicted octanol–water partition coefficient (Wildman–Crippen LogP) is 3.40. The van der Waals surface area contributed by atoms with E-state index in [2.05, 4.69) is 6.92 Å². The van der Waals surface area contributed by atoms with E-state index in [0.29, 0.717) is 42.3 Å². The minimum Gasteiger partial charge on any atom is -0.458 e. The number of fused-ring (bicyclic) bond motifs is 5. The van der Waals surface area contributed by atoms with Crippen molar-refractivity contribution in [1.82, 2.24) is 9.55 Å². The van der Waals surface area contributed by atoms with E-state index >= 15 is 0 Å². The van der Waals surface area contributed by atoms with E-state index in [0.717, 1.165) is 34.9 Å². The van der Waals surface area contributed by atoms with Gasteiger partial charge in [-0.1, -0.05) is 38.5 Å². The van der Waals surface area contributed by atoms with Gasteiger partial charge in [0.1, 0.15) is 6.61 Å². The fourth-order valence-electron chi connectivity index (χ4n) is 4.70. The number of aromatic nitrogens is 2. The summed E-state index contributed by atoms with van der Waals surface area (Å²) < 4.78 is 12.8. The molecule has 0 aliphatic carbocycles. The van der Waals surface area contributed by atoms with E-state index < -0.39 is 11.6 Å². The average Bonchev–Trinajstić information content (AvgIpc) is 3.17. The van der Waals surface area contributed by atoms with Crippen LogP contribution in [0.25, 0.3) is 22.3 Å². The van der Waals surface area contributed by atoms with Crippen LogP contribution in [0.1, 0.15) is 55.4 Å². The molecule has 1 aromatic carbocycles. The van der Waals surface area contributed by atoms with Gasteiger partial charge in [0.2, 0.25) is 0 Å². The number of cyclic esters (lactones) is 1.